The van der Waals surface area contributed by atoms with Crippen LogP contribution in [0.3, 0.4) is 0 Å². The Balaban J connectivity index is 1.66. The SMILES string of the molecule is COc1cncc(-c2cccc(C3(c4ccc5c(c4)OCCO5)N=C(C)C(N)=N3)c2)c1. The summed E-state index contributed by atoms with van der Waals surface area (Å²) in [5, 5.41) is 0. The first-order valence-corrected chi connectivity index (χ1v) is 10.0. The van der Waals surface area contributed by atoms with Crippen LogP contribution >= 0.6 is 0 Å². The highest BCUT2D eigenvalue weighted by atomic mass is 16.6. The Hall–Kier alpha value is -3.87. The minimum absolute atomic E-state index is 0.420. The third-order valence-electron chi connectivity index (χ3n) is 5.47. The first-order chi connectivity index (χ1) is 15.1. The average molecular weight is 414 g/mol. The van der Waals surface area contributed by atoms with E-state index < -0.39 is 5.66 Å². The molecule has 0 radical (unpaired) electrons. The van der Waals surface area contributed by atoms with Crippen LogP contribution in [0.1, 0.15) is 18.1 Å². The zero-order valence-electron chi connectivity index (χ0n) is 17.3. The minimum atomic E-state index is -0.994. The van der Waals surface area contributed by atoms with Crippen molar-refractivity contribution in [3.05, 3.63) is 72.1 Å². The monoisotopic (exact) mass is 414 g/mol. The van der Waals surface area contributed by atoms with E-state index >= 15 is 0 Å². The minimum Gasteiger partial charge on any atom is -0.495 e. The summed E-state index contributed by atoms with van der Waals surface area (Å²) < 4.78 is 16.8. The maximum absolute atomic E-state index is 6.19. The molecule has 0 amide bonds. The van der Waals surface area contributed by atoms with Crippen molar-refractivity contribution in [3.63, 3.8) is 0 Å². The number of pyridine rings is 1. The summed E-state index contributed by atoms with van der Waals surface area (Å²) in [6.07, 6.45) is 3.48. The molecule has 0 fully saturated rings. The maximum atomic E-state index is 6.19. The number of methoxy groups -OCH3 is 1. The molecule has 2 N–H and O–H groups in total. The van der Waals surface area contributed by atoms with Crippen LogP contribution in [-0.4, -0.2) is 36.9 Å². The van der Waals surface area contributed by atoms with Gasteiger partial charge >= 0.3 is 0 Å². The van der Waals surface area contributed by atoms with Gasteiger partial charge in [0.15, 0.2) is 11.5 Å². The quantitative estimate of drug-likeness (QED) is 0.705. The smallest absolute Gasteiger partial charge is 0.204 e. The van der Waals surface area contributed by atoms with Crippen LogP contribution in [0, 0.1) is 0 Å². The summed E-state index contributed by atoms with van der Waals surface area (Å²) in [7, 11) is 1.63. The van der Waals surface area contributed by atoms with E-state index in [0.29, 0.717) is 36.3 Å². The first-order valence-electron chi connectivity index (χ1n) is 10.0. The molecule has 7 heteroatoms. The highest BCUT2D eigenvalue weighted by Crippen LogP contribution is 2.43. The molecule has 31 heavy (non-hydrogen) atoms. The Bertz CT molecular complexity index is 1200. The van der Waals surface area contributed by atoms with Gasteiger partial charge in [0, 0.05) is 22.9 Å². The van der Waals surface area contributed by atoms with Crippen molar-refractivity contribution in [2.75, 3.05) is 20.3 Å². The lowest BCUT2D eigenvalue weighted by molar-refractivity contribution is 0.171. The molecule has 2 aliphatic heterocycles. The molecule has 1 unspecified atom stereocenters. The summed E-state index contributed by atoms with van der Waals surface area (Å²) in [5.74, 6) is 2.52. The molecule has 2 aliphatic rings. The van der Waals surface area contributed by atoms with Crippen molar-refractivity contribution >= 4 is 11.5 Å². The molecule has 0 saturated heterocycles. The second kappa shape index (κ2) is 7.43. The van der Waals surface area contributed by atoms with E-state index in [4.69, 9.17) is 29.9 Å². The number of aliphatic imine (C=N–C) groups is 2. The third-order valence-corrected chi connectivity index (χ3v) is 5.47. The van der Waals surface area contributed by atoms with E-state index in [1.54, 1.807) is 19.5 Å². The second-order valence-corrected chi connectivity index (χ2v) is 7.42. The molecule has 3 heterocycles. The topological polar surface area (TPSA) is 91.3 Å². The Kier molecular flexibility index (Phi) is 4.58. The normalized spacial score (nSPS) is 19.5. The van der Waals surface area contributed by atoms with Crippen LogP contribution < -0.4 is 19.9 Å². The van der Waals surface area contributed by atoms with Crippen molar-refractivity contribution in [3.8, 4) is 28.4 Å². The Morgan fingerprint density at radius 1 is 0.903 bits per heavy atom. The Labute approximate surface area is 180 Å². The van der Waals surface area contributed by atoms with Gasteiger partial charge in [0.2, 0.25) is 5.66 Å². The lowest BCUT2D eigenvalue weighted by Crippen LogP contribution is -2.23. The van der Waals surface area contributed by atoms with Gasteiger partial charge in [-0.15, -0.1) is 0 Å². The zero-order chi connectivity index (χ0) is 21.4. The molecule has 5 rings (SSSR count). The molecule has 2 aromatic carbocycles. The number of nitrogens with two attached hydrogens (primary N) is 1. The molecule has 1 atom stereocenters. The molecule has 7 nitrogen and oxygen atoms in total. The van der Waals surface area contributed by atoms with E-state index in [1.807, 2.05) is 49.4 Å². The molecule has 3 aromatic rings. The van der Waals surface area contributed by atoms with E-state index in [-0.39, 0.29) is 0 Å². The van der Waals surface area contributed by atoms with Gasteiger partial charge in [-0.2, -0.15) is 0 Å². The summed E-state index contributed by atoms with van der Waals surface area (Å²) >= 11 is 0. The molecule has 0 spiro atoms. The van der Waals surface area contributed by atoms with Gasteiger partial charge < -0.3 is 19.9 Å². The van der Waals surface area contributed by atoms with Gasteiger partial charge in [-0.3, -0.25) is 4.98 Å². The number of ether oxygens (including phenoxy) is 3. The van der Waals surface area contributed by atoms with Gasteiger partial charge in [-0.1, -0.05) is 24.3 Å². The Morgan fingerprint density at radius 2 is 1.71 bits per heavy atom. The van der Waals surface area contributed by atoms with Crippen LogP contribution in [0.5, 0.6) is 17.2 Å². The van der Waals surface area contributed by atoms with E-state index in [9.17, 15) is 0 Å². The summed E-state index contributed by atoms with van der Waals surface area (Å²) in [6, 6.07) is 15.8. The molecule has 0 bridgehead atoms. The number of hydrogen-bond acceptors (Lipinski definition) is 7. The lowest BCUT2D eigenvalue weighted by atomic mass is 9.90. The van der Waals surface area contributed by atoms with Crippen molar-refractivity contribution in [2.24, 2.45) is 15.7 Å². The van der Waals surface area contributed by atoms with Gasteiger partial charge in [0.05, 0.1) is 19.0 Å². The van der Waals surface area contributed by atoms with E-state index in [1.165, 1.54) is 0 Å². The lowest BCUT2D eigenvalue weighted by Gasteiger charge is -2.27. The largest absolute Gasteiger partial charge is 0.495 e. The summed E-state index contributed by atoms with van der Waals surface area (Å²) in [6.45, 7) is 2.92. The number of nitrogens with zero attached hydrogens (tertiary/aromatic N) is 3. The van der Waals surface area contributed by atoms with Crippen molar-refractivity contribution in [1.82, 2.24) is 4.98 Å². The fourth-order valence-electron chi connectivity index (χ4n) is 3.87. The van der Waals surface area contributed by atoms with Crippen molar-refractivity contribution in [2.45, 2.75) is 12.6 Å². The van der Waals surface area contributed by atoms with Gasteiger partial charge in [0.1, 0.15) is 24.8 Å². The van der Waals surface area contributed by atoms with Crippen LogP contribution in [0.25, 0.3) is 11.1 Å². The number of aromatic nitrogens is 1. The van der Waals surface area contributed by atoms with E-state index in [0.717, 1.165) is 28.0 Å². The molecule has 0 saturated carbocycles. The zero-order valence-corrected chi connectivity index (χ0v) is 17.3. The van der Waals surface area contributed by atoms with Gasteiger partial charge in [-0.05, 0) is 36.8 Å². The molecule has 0 aliphatic carbocycles. The van der Waals surface area contributed by atoms with E-state index in [2.05, 4.69) is 11.1 Å². The standard InChI is InChI=1S/C24H22N4O3/c1-15-23(25)28-24(27-15,19-6-7-21-22(12-19)31-9-8-30-21)18-5-3-4-16(10-18)17-11-20(29-2)14-26-13-17/h3-7,10-14H,8-9H2,1-2H3,(H2,25,28). The van der Waals surface area contributed by atoms with Gasteiger partial charge in [0.25, 0.3) is 0 Å². The summed E-state index contributed by atoms with van der Waals surface area (Å²) in [5.41, 5.74) is 9.57. The van der Waals surface area contributed by atoms with Crippen molar-refractivity contribution < 1.29 is 14.2 Å². The molecular weight excluding hydrogens is 392 g/mol. The van der Waals surface area contributed by atoms with Crippen LogP contribution in [0.15, 0.2) is 70.9 Å². The first kappa shape index (κ1) is 19.1. The Morgan fingerprint density at radius 3 is 2.48 bits per heavy atom. The molecule has 1 aromatic heterocycles. The van der Waals surface area contributed by atoms with Crippen LogP contribution in [-0.2, 0) is 5.66 Å². The van der Waals surface area contributed by atoms with Crippen molar-refractivity contribution in [1.29, 1.82) is 0 Å². The maximum Gasteiger partial charge on any atom is 0.204 e. The van der Waals surface area contributed by atoms with Gasteiger partial charge in [-0.25, -0.2) is 9.98 Å². The van der Waals surface area contributed by atoms with Crippen LogP contribution in [0.2, 0.25) is 0 Å². The number of rotatable bonds is 4. The highest BCUT2D eigenvalue weighted by Gasteiger charge is 2.39. The summed E-state index contributed by atoms with van der Waals surface area (Å²) in [4.78, 5) is 14.0. The number of hydrogen-bond donors (Lipinski definition) is 1. The third kappa shape index (κ3) is 3.28. The fourth-order valence-corrected chi connectivity index (χ4v) is 3.87. The van der Waals surface area contributed by atoms with Crippen LogP contribution in [0.4, 0.5) is 0 Å². The number of benzene rings is 2. The number of amidine groups is 1. The predicted molar refractivity (Wildman–Crippen MR) is 119 cm³/mol. The predicted octanol–water partition coefficient (Wildman–Crippen LogP) is 3.56. The second-order valence-electron chi connectivity index (χ2n) is 7.42. The fraction of sp³-hybridized carbons (Fsp3) is 0.208. The number of fused-ring (bicyclic) bond motifs is 1. The average Bonchev–Trinajstić information content (AvgIpc) is 3.14. The molecule has 156 valence electrons. The highest BCUT2D eigenvalue weighted by molar-refractivity contribution is 6.41. The molecular formula is C24H22N4O3.